The number of carbonyl (C=O) groups is 2. The molecule has 5 heteroatoms. The summed E-state index contributed by atoms with van der Waals surface area (Å²) in [5, 5.41) is 8.98. The van der Waals surface area contributed by atoms with Crippen LogP contribution in [0, 0.1) is 11.8 Å². The molecule has 0 radical (unpaired) electrons. The van der Waals surface area contributed by atoms with Crippen molar-refractivity contribution in [3.05, 3.63) is 16.1 Å². The van der Waals surface area contributed by atoms with Crippen LogP contribution in [0.15, 0.2) is 6.20 Å². The average molecular weight is 211 g/mol. The molecule has 0 amide bonds. The van der Waals surface area contributed by atoms with E-state index in [1.54, 1.807) is 0 Å². The highest BCUT2D eigenvalue weighted by molar-refractivity contribution is 7.15. The van der Waals surface area contributed by atoms with Gasteiger partial charge in [-0.1, -0.05) is 6.92 Å². The third kappa shape index (κ3) is 1.55. The molecule has 1 aromatic rings. The van der Waals surface area contributed by atoms with Gasteiger partial charge in [-0.2, -0.15) is 0 Å². The molecule has 2 unspecified atom stereocenters. The Morgan fingerprint density at radius 3 is 2.71 bits per heavy atom. The van der Waals surface area contributed by atoms with Crippen LogP contribution in [0.5, 0.6) is 0 Å². The first-order valence-electron chi connectivity index (χ1n) is 4.33. The number of carbonyl (C=O) groups excluding carboxylic acids is 1. The number of rotatable bonds is 3. The van der Waals surface area contributed by atoms with Crippen molar-refractivity contribution in [2.24, 2.45) is 11.8 Å². The fourth-order valence-electron chi connectivity index (χ4n) is 1.33. The largest absolute Gasteiger partial charge is 0.477 e. The van der Waals surface area contributed by atoms with Crippen LogP contribution in [0.1, 0.15) is 32.8 Å². The van der Waals surface area contributed by atoms with Gasteiger partial charge in [0, 0.05) is 5.92 Å². The highest BCUT2D eigenvalue weighted by atomic mass is 32.1. The zero-order chi connectivity index (χ0) is 10.3. The van der Waals surface area contributed by atoms with Gasteiger partial charge in [-0.3, -0.25) is 4.79 Å². The molecule has 4 nitrogen and oxygen atoms in total. The molecule has 2 atom stereocenters. The summed E-state index contributed by atoms with van der Waals surface area (Å²) in [5.41, 5.74) is 0. The normalized spacial score (nSPS) is 24.6. The number of carboxylic acids is 1. The van der Waals surface area contributed by atoms with Crippen molar-refractivity contribution in [3.63, 3.8) is 0 Å². The van der Waals surface area contributed by atoms with Crippen molar-refractivity contribution in [2.75, 3.05) is 0 Å². The topological polar surface area (TPSA) is 67.3 Å². The Bertz CT molecular complexity index is 399. The minimum atomic E-state index is -1.02. The predicted molar refractivity (Wildman–Crippen MR) is 50.7 cm³/mol. The summed E-state index contributed by atoms with van der Waals surface area (Å²) < 4.78 is 0. The fraction of sp³-hybridized carbons (Fsp3) is 0.444. The molecule has 1 N–H and O–H groups in total. The fourth-order valence-corrected chi connectivity index (χ4v) is 2.09. The lowest BCUT2D eigenvalue weighted by molar-refractivity contribution is 0.0701. The minimum absolute atomic E-state index is 0.00463. The lowest BCUT2D eigenvalue weighted by Gasteiger charge is -1.90. The third-order valence-corrected chi connectivity index (χ3v) is 3.37. The van der Waals surface area contributed by atoms with Gasteiger partial charge in [-0.05, 0) is 12.3 Å². The summed E-state index contributed by atoms with van der Waals surface area (Å²) in [6, 6.07) is 0. The van der Waals surface area contributed by atoms with Crippen molar-refractivity contribution >= 4 is 23.1 Å². The number of nitrogens with zero attached hydrogens (tertiary/aromatic N) is 1. The molecule has 2 rings (SSSR count). The Kier molecular flexibility index (Phi) is 2.11. The van der Waals surface area contributed by atoms with Crippen LogP contribution in [0.4, 0.5) is 0 Å². The van der Waals surface area contributed by atoms with Gasteiger partial charge in [-0.15, -0.1) is 11.3 Å². The molecular formula is C9H9NO3S. The Hall–Kier alpha value is -1.23. The van der Waals surface area contributed by atoms with E-state index in [-0.39, 0.29) is 16.6 Å². The predicted octanol–water partition coefficient (Wildman–Crippen LogP) is 1.68. The van der Waals surface area contributed by atoms with Crippen molar-refractivity contribution in [3.8, 4) is 0 Å². The van der Waals surface area contributed by atoms with Gasteiger partial charge in [0.2, 0.25) is 0 Å². The zero-order valence-corrected chi connectivity index (χ0v) is 8.37. The highest BCUT2D eigenvalue weighted by Gasteiger charge is 2.40. The van der Waals surface area contributed by atoms with E-state index in [1.165, 1.54) is 6.20 Å². The molecule has 1 saturated carbocycles. The molecule has 1 aliphatic rings. The Balaban J connectivity index is 2.17. The lowest BCUT2D eigenvalue weighted by Crippen LogP contribution is -2.01. The summed E-state index contributed by atoms with van der Waals surface area (Å²) in [4.78, 5) is 26.1. The highest BCUT2D eigenvalue weighted by Crippen LogP contribution is 2.40. The number of carboxylic acid groups (broad SMARTS) is 1. The third-order valence-electron chi connectivity index (χ3n) is 2.37. The Labute approximate surface area is 84.6 Å². The number of hydrogen-bond acceptors (Lipinski definition) is 4. The Morgan fingerprint density at radius 1 is 1.64 bits per heavy atom. The van der Waals surface area contributed by atoms with Crippen LogP contribution in [-0.4, -0.2) is 21.8 Å². The van der Waals surface area contributed by atoms with Crippen LogP contribution in [0.3, 0.4) is 0 Å². The number of Topliss-reactive ketones (excluding diaryl/α,β-unsaturated/α-hetero) is 1. The smallest absolute Gasteiger partial charge is 0.347 e. The van der Waals surface area contributed by atoms with Gasteiger partial charge < -0.3 is 5.11 Å². The first-order chi connectivity index (χ1) is 6.59. The maximum Gasteiger partial charge on any atom is 0.347 e. The number of aromatic nitrogens is 1. The monoisotopic (exact) mass is 211 g/mol. The number of aromatic carboxylic acids is 1. The van der Waals surface area contributed by atoms with Gasteiger partial charge in [0.15, 0.2) is 10.8 Å². The van der Waals surface area contributed by atoms with E-state index in [0.29, 0.717) is 10.9 Å². The lowest BCUT2D eigenvalue weighted by atomic mass is 10.2. The van der Waals surface area contributed by atoms with Crippen molar-refractivity contribution in [1.82, 2.24) is 4.98 Å². The molecular weight excluding hydrogens is 202 g/mol. The zero-order valence-electron chi connectivity index (χ0n) is 7.56. The van der Waals surface area contributed by atoms with Gasteiger partial charge >= 0.3 is 5.97 Å². The second kappa shape index (κ2) is 3.16. The number of hydrogen-bond donors (Lipinski definition) is 1. The number of ketones is 1. The summed E-state index contributed by atoms with van der Waals surface area (Å²) >= 11 is 0.959. The van der Waals surface area contributed by atoms with Crippen LogP contribution >= 0.6 is 11.3 Å². The second-order valence-corrected chi connectivity index (χ2v) is 4.55. The molecule has 1 aliphatic carbocycles. The van der Waals surface area contributed by atoms with Gasteiger partial charge in [-0.25, -0.2) is 9.78 Å². The molecule has 0 aliphatic heterocycles. The second-order valence-electron chi connectivity index (χ2n) is 3.52. The molecule has 0 saturated heterocycles. The molecule has 0 bridgehead atoms. The number of thiazole rings is 1. The van der Waals surface area contributed by atoms with E-state index in [2.05, 4.69) is 4.98 Å². The Morgan fingerprint density at radius 2 is 2.29 bits per heavy atom. The standard InChI is InChI=1S/C9H9NO3S/c1-4-2-5(4)7(11)8-10-3-6(14-8)9(12)13/h3-5H,2H2,1H3,(H,12,13). The van der Waals surface area contributed by atoms with E-state index in [9.17, 15) is 9.59 Å². The summed E-state index contributed by atoms with van der Waals surface area (Å²) in [6.07, 6.45) is 2.15. The molecule has 1 aromatic heterocycles. The average Bonchev–Trinajstić information content (AvgIpc) is 2.69. The summed E-state index contributed by atoms with van der Waals surface area (Å²) in [7, 11) is 0. The maximum absolute atomic E-state index is 11.6. The first-order valence-corrected chi connectivity index (χ1v) is 5.14. The van der Waals surface area contributed by atoms with Gasteiger partial charge in [0.05, 0.1) is 6.20 Å². The molecule has 74 valence electrons. The van der Waals surface area contributed by atoms with E-state index in [0.717, 1.165) is 17.8 Å². The summed E-state index contributed by atoms with van der Waals surface area (Å²) in [5.74, 6) is -0.525. The molecule has 0 spiro atoms. The molecule has 1 fully saturated rings. The van der Waals surface area contributed by atoms with Crippen molar-refractivity contribution < 1.29 is 14.7 Å². The minimum Gasteiger partial charge on any atom is -0.477 e. The van der Waals surface area contributed by atoms with E-state index >= 15 is 0 Å². The van der Waals surface area contributed by atoms with Crippen molar-refractivity contribution in [1.29, 1.82) is 0 Å². The van der Waals surface area contributed by atoms with Gasteiger partial charge in [0.25, 0.3) is 0 Å². The quantitative estimate of drug-likeness (QED) is 0.772. The van der Waals surface area contributed by atoms with Gasteiger partial charge in [0.1, 0.15) is 4.88 Å². The summed E-state index contributed by atoms with van der Waals surface area (Å²) in [6.45, 7) is 2.01. The van der Waals surface area contributed by atoms with Crippen LogP contribution in [0.25, 0.3) is 0 Å². The van der Waals surface area contributed by atoms with E-state index in [4.69, 9.17) is 5.11 Å². The van der Waals surface area contributed by atoms with Crippen LogP contribution < -0.4 is 0 Å². The molecule has 1 heterocycles. The maximum atomic E-state index is 11.6. The van der Waals surface area contributed by atoms with E-state index < -0.39 is 5.97 Å². The van der Waals surface area contributed by atoms with Crippen molar-refractivity contribution in [2.45, 2.75) is 13.3 Å². The van der Waals surface area contributed by atoms with E-state index in [1.807, 2.05) is 6.92 Å². The first kappa shape index (κ1) is 9.33. The molecule has 0 aromatic carbocycles. The SMILES string of the molecule is CC1CC1C(=O)c1ncc(C(=O)O)s1. The van der Waals surface area contributed by atoms with Crippen LogP contribution in [0.2, 0.25) is 0 Å². The van der Waals surface area contributed by atoms with Crippen LogP contribution in [-0.2, 0) is 0 Å². The molecule has 14 heavy (non-hydrogen) atoms.